The lowest BCUT2D eigenvalue weighted by Crippen LogP contribution is -2.38. The molecule has 3 heterocycles. The number of aryl methyl sites for hydroxylation is 1. The van der Waals surface area contributed by atoms with Crippen LogP contribution in [0, 0.1) is 23.6 Å². The Morgan fingerprint density at radius 3 is 2.45 bits per heavy atom. The zero-order valence-corrected chi connectivity index (χ0v) is 20.7. The minimum absolute atomic E-state index is 0.0184. The molecule has 1 saturated heterocycles. The first-order chi connectivity index (χ1) is 15.4. The van der Waals surface area contributed by atoms with Crippen LogP contribution in [-0.2, 0) is 11.2 Å². The summed E-state index contributed by atoms with van der Waals surface area (Å²) in [6, 6.07) is 1.41. The number of carboxylic acid groups (broad SMARTS) is 1. The van der Waals surface area contributed by atoms with E-state index in [0.717, 1.165) is 38.0 Å². The van der Waals surface area contributed by atoms with Gasteiger partial charge in [-0.05, 0) is 43.1 Å². The lowest BCUT2D eigenvalue weighted by Gasteiger charge is -2.40. The van der Waals surface area contributed by atoms with Gasteiger partial charge in [0.25, 0.3) is 0 Å². The maximum absolute atomic E-state index is 14.9. The van der Waals surface area contributed by atoms with Gasteiger partial charge in [0.2, 0.25) is 5.88 Å². The van der Waals surface area contributed by atoms with Gasteiger partial charge in [0, 0.05) is 47.9 Å². The maximum atomic E-state index is 14.9. The molecule has 33 heavy (non-hydrogen) atoms. The molecule has 0 saturated carbocycles. The van der Waals surface area contributed by atoms with Gasteiger partial charge in [0.1, 0.15) is 0 Å². The van der Waals surface area contributed by atoms with Crippen LogP contribution in [0.25, 0.3) is 11.1 Å². The standard InChI is InChI=1S/C26H36FN3O3/c1-17-19(14-22(31)32)23(30-10-7-26(5,6)8-11-30)20(16-28-17)18-13-21(27)24(29-15-18)33-12-9-25(2,3)4/h13,15-16H,7-12,14H2,1-6H3,(H,31,32). The molecule has 0 aliphatic carbocycles. The van der Waals surface area contributed by atoms with E-state index in [9.17, 15) is 14.3 Å². The second-order valence-corrected chi connectivity index (χ2v) is 11.0. The molecule has 0 radical (unpaired) electrons. The van der Waals surface area contributed by atoms with E-state index in [4.69, 9.17) is 4.74 Å². The molecule has 0 amide bonds. The summed E-state index contributed by atoms with van der Waals surface area (Å²) in [5, 5.41) is 9.54. The molecule has 1 aliphatic rings. The van der Waals surface area contributed by atoms with Crippen molar-refractivity contribution in [3.63, 3.8) is 0 Å². The molecule has 0 unspecified atom stereocenters. The number of pyridine rings is 2. The van der Waals surface area contributed by atoms with E-state index in [2.05, 4.69) is 49.5 Å². The fraction of sp³-hybridized carbons (Fsp3) is 0.577. The summed E-state index contributed by atoms with van der Waals surface area (Å²) in [7, 11) is 0. The van der Waals surface area contributed by atoms with Crippen LogP contribution in [0.1, 0.15) is 65.1 Å². The number of ether oxygens (including phenoxy) is 1. The first kappa shape index (κ1) is 24.9. The van der Waals surface area contributed by atoms with Gasteiger partial charge < -0.3 is 14.7 Å². The van der Waals surface area contributed by atoms with E-state index in [1.165, 1.54) is 6.07 Å². The summed E-state index contributed by atoms with van der Waals surface area (Å²) < 4.78 is 20.5. The van der Waals surface area contributed by atoms with Gasteiger partial charge in [0.15, 0.2) is 5.82 Å². The average molecular weight is 458 g/mol. The minimum atomic E-state index is -0.914. The van der Waals surface area contributed by atoms with Gasteiger partial charge in [-0.3, -0.25) is 9.78 Å². The van der Waals surface area contributed by atoms with E-state index < -0.39 is 11.8 Å². The van der Waals surface area contributed by atoms with E-state index in [1.54, 1.807) is 12.4 Å². The van der Waals surface area contributed by atoms with Crippen molar-refractivity contribution in [3.8, 4) is 17.0 Å². The smallest absolute Gasteiger partial charge is 0.307 e. The molecule has 1 aliphatic heterocycles. The second-order valence-electron chi connectivity index (χ2n) is 11.0. The molecule has 7 heteroatoms. The van der Waals surface area contributed by atoms with Crippen LogP contribution in [0.4, 0.5) is 10.1 Å². The maximum Gasteiger partial charge on any atom is 0.307 e. The van der Waals surface area contributed by atoms with Crippen LogP contribution in [0.3, 0.4) is 0 Å². The number of anilines is 1. The van der Waals surface area contributed by atoms with Crippen LogP contribution in [0.5, 0.6) is 5.88 Å². The first-order valence-electron chi connectivity index (χ1n) is 11.6. The van der Waals surface area contributed by atoms with Crippen LogP contribution in [0.15, 0.2) is 18.5 Å². The normalized spacial score (nSPS) is 16.0. The number of carboxylic acids is 1. The van der Waals surface area contributed by atoms with Gasteiger partial charge in [-0.15, -0.1) is 0 Å². The quantitative estimate of drug-likeness (QED) is 0.578. The molecule has 0 atom stereocenters. The largest absolute Gasteiger partial charge is 0.481 e. The first-order valence-corrected chi connectivity index (χ1v) is 11.6. The Hall–Kier alpha value is -2.70. The fourth-order valence-corrected chi connectivity index (χ4v) is 4.04. The predicted octanol–water partition coefficient (Wildman–Crippen LogP) is 5.66. The highest BCUT2D eigenvalue weighted by Crippen LogP contribution is 2.40. The molecule has 0 aromatic carbocycles. The molecule has 6 nitrogen and oxygen atoms in total. The summed E-state index contributed by atoms with van der Waals surface area (Å²) >= 11 is 0. The van der Waals surface area contributed by atoms with E-state index in [-0.39, 0.29) is 23.1 Å². The monoisotopic (exact) mass is 457 g/mol. The highest BCUT2D eigenvalue weighted by molar-refractivity contribution is 5.84. The Balaban J connectivity index is 1.98. The van der Waals surface area contributed by atoms with Crippen molar-refractivity contribution in [3.05, 3.63) is 35.5 Å². The highest BCUT2D eigenvalue weighted by atomic mass is 19.1. The topological polar surface area (TPSA) is 75.6 Å². The molecule has 180 valence electrons. The summed E-state index contributed by atoms with van der Waals surface area (Å²) in [6.07, 6.45) is 5.93. The molecule has 2 aromatic heterocycles. The number of piperidine rings is 1. The Morgan fingerprint density at radius 2 is 1.88 bits per heavy atom. The van der Waals surface area contributed by atoms with Crippen LogP contribution >= 0.6 is 0 Å². The van der Waals surface area contributed by atoms with Crippen molar-refractivity contribution in [1.82, 2.24) is 9.97 Å². The van der Waals surface area contributed by atoms with Crippen molar-refractivity contribution in [2.24, 2.45) is 10.8 Å². The Kier molecular flexibility index (Phi) is 7.29. The van der Waals surface area contributed by atoms with E-state index in [0.29, 0.717) is 29.0 Å². The Labute approximate surface area is 196 Å². The third kappa shape index (κ3) is 6.42. The van der Waals surface area contributed by atoms with Gasteiger partial charge in [-0.25, -0.2) is 9.37 Å². The number of nitrogens with zero attached hydrogens (tertiary/aromatic N) is 3. The fourth-order valence-electron chi connectivity index (χ4n) is 4.04. The molecule has 1 fully saturated rings. The summed E-state index contributed by atoms with van der Waals surface area (Å²) in [5.41, 5.74) is 3.76. The SMILES string of the molecule is Cc1ncc(-c2cnc(OCCC(C)(C)C)c(F)c2)c(N2CCC(C)(C)CC2)c1CC(=O)O. The third-order valence-electron chi connectivity index (χ3n) is 6.34. The van der Waals surface area contributed by atoms with E-state index >= 15 is 0 Å². The molecule has 0 spiro atoms. The zero-order chi connectivity index (χ0) is 24.4. The minimum Gasteiger partial charge on any atom is -0.481 e. The van der Waals surface area contributed by atoms with Gasteiger partial charge in [-0.1, -0.05) is 34.6 Å². The van der Waals surface area contributed by atoms with Crippen molar-refractivity contribution in [2.45, 2.75) is 67.2 Å². The highest BCUT2D eigenvalue weighted by Gasteiger charge is 2.29. The summed E-state index contributed by atoms with van der Waals surface area (Å²) in [4.78, 5) is 22.5. The number of aromatic nitrogens is 2. The number of halogens is 1. The number of aliphatic carboxylic acids is 1. The van der Waals surface area contributed by atoms with Crippen molar-refractivity contribution >= 4 is 11.7 Å². The Morgan fingerprint density at radius 1 is 1.21 bits per heavy atom. The zero-order valence-electron chi connectivity index (χ0n) is 20.7. The number of rotatable bonds is 7. The summed E-state index contributed by atoms with van der Waals surface area (Å²) in [6.45, 7) is 14.6. The second kappa shape index (κ2) is 9.65. The van der Waals surface area contributed by atoms with Gasteiger partial charge in [0.05, 0.1) is 18.7 Å². The van der Waals surface area contributed by atoms with E-state index in [1.807, 2.05) is 6.92 Å². The van der Waals surface area contributed by atoms with Crippen molar-refractivity contribution in [1.29, 1.82) is 0 Å². The van der Waals surface area contributed by atoms with Gasteiger partial charge in [-0.2, -0.15) is 0 Å². The molecule has 3 rings (SSSR count). The molecule has 2 aromatic rings. The predicted molar refractivity (Wildman–Crippen MR) is 128 cm³/mol. The van der Waals surface area contributed by atoms with Gasteiger partial charge >= 0.3 is 5.97 Å². The van der Waals surface area contributed by atoms with Crippen LogP contribution < -0.4 is 9.64 Å². The van der Waals surface area contributed by atoms with Crippen LogP contribution in [-0.4, -0.2) is 40.7 Å². The van der Waals surface area contributed by atoms with Crippen LogP contribution in [0.2, 0.25) is 0 Å². The third-order valence-corrected chi connectivity index (χ3v) is 6.34. The number of hydrogen-bond acceptors (Lipinski definition) is 5. The number of carbonyl (C=O) groups is 1. The summed E-state index contributed by atoms with van der Waals surface area (Å²) in [5.74, 6) is -1.47. The van der Waals surface area contributed by atoms with Crippen molar-refractivity contribution in [2.75, 3.05) is 24.6 Å². The molecule has 1 N–H and O–H groups in total. The van der Waals surface area contributed by atoms with Crippen molar-refractivity contribution < 1.29 is 19.0 Å². The lowest BCUT2D eigenvalue weighted by molar-refractivity contribution is -0.136. The number of hydrogen-bond donors (Lipinski definition) is 1. The molecule has 0 bridgehead atoms. The Bertz CT molecular complexity index is 1000. The lowest BCUT2D eigenvalue weighted by atomic mass is 9.82. The molecular weight excluding hydrogens is 421 g/mol. The molecular formula is C26H36FN3O3. The average Bonchev–Trinajstić information content (AvgIpc) is 2.70.